The predicted molar refractivity (Wildman–Crippen MR) is 80.6 cm³/mol. The minimum absolute atomic E-state index is 0.0779. The first-order valence-electron chi connectivity index (χ1n) is 6.64. The molecule has 0 amide bonds. The fourth-order valence-electron chi connectivity index (χ4n) is 1.89. The van der Waals surface area contributed by atoms with Crippen molar-refractivity contribution in [1.29, 1.82) is 0 Å². The van der Waals surface area contributed by atoms with Gasteiger partial charge in [-0.15, -0.1) is 0 Å². The molecule has 1 aliphatic carbocycles. The Balaban J connectivity index is 2.15. The number of nitrogens with one attached hydrogen (secondary N) is 1. The second kappa shape index (κ2) is 6.65. The molecule has 100 valence electrons. The highest BCUT2D eigenvalue weighted by Gasteiger charge is 2.35. The van der Waals surface area contributed by atoms with Gasteiger partial charge >= 0.3 is 0 Å². The summed E-state index contributed by atoms with van der Waals surface area (Å²) in [4.78, 5) is 9.08. The molecule has 1 saturated carbocycles. The number of rotatable bonds is 7. The number of ether oxygens (including phenoxy) is 1. The zero-order chi connectivity index (χ0) is 13.0. The molecule has 1 N–H and O–H groups in total. The van der Waals surface area contributed by atoms with Gasteiger partial charge in [0.1, 0.15) is 11.9 Å². The average molecular weight is 361 g/mol. The first-order valence-corrected chi connectivity index (χ1v) is 7.72. The Morgan fingerprint density at radius 3 is 2.89 bits per heavy atom. The van der Waals surface area contributed by atoms with E-state index in [0.29, 0.717) is 12.5 Å². The lowest BCUT2D eigenvalue weighted by Crippen LogP contribution is -2.13. The van der Waals surface area contributed by atoms with Gasteiger partial charge in [-0.3, -0.25) is 0 Å². The van der Waals surface area contributed by atoms with Crippen LogP contribution in [0, 0.1) is 9.49 Å². The monoisotopic (exact) mass is 361 g/mol. The standard InChI is InChI=1S/C13H20IN3O/c1-3-7-15-12-10(14)8-16-13(17-12)11(18-4-2)9-5-6-9/h8-9,11H,3-7H2,1-2H3,(H,15,16,17). The molecule has 4 nitrogen and oxygen atoms in total. The molecule has 5 heteroatoms. The lowest BCUT2D eigenvalue weighted by Gasteiger charge is -2.16. The molecule has 1 aromatic heterocycles. The summed E-state index contributed by atoms with van der Waals surface area (Å²) < 4.78 is 6.86. The molecule has 0 bridgehead atoms. The van der Waals surface area contributed by atoms with Crippen LogP contribution >= 0.6 is 22.6 Å². The molecule has 0 saturated heterocycles. The van der Waals surface area contributed by atoms with Crippen LogP contribution in [0.2, 0.25) is 0 Å². The van der Waals surface area contributed by atoms with E-state index in [-0.39, 0.29) is 6.10 Å². The van der Waals surface area contributed by atoms with Crippen LogP contribution < -0.4 is 5.32 Å². The molecule has 2 rings (SSSR count). The maximum absolute atomic E-state index is 5.80. The smallest absolute Gasteiger partial charge is 0.159 e. The normalized spacial score (nSPS) is 16.6. The topological polar surface area (TPSA) is 47.0 Å². The van der Waals surface area contributed by atoms with Gasteiger partial charge in [0.2, 0.25) is 0 Å². The van der Waals surface area contributed by atoms with Crippen LogP contribution in [0.5, 0.6) is 0 Å². The Bertz CT molecular complexity index is 396. The quantitative estimate of drug-likeness (QED) is 0.757. The van der Waals surface area contributed by atoms with Crippen molar-refractivity contribution in [3.8, 4) is 0 Å². The first-order chi connectivity index (χ1) is 8.76. The third kappa shape index (κ3) is 3.54. The zero-order valence-corrected chi connectivity index (χ0v) is 13.1. The van der Waals surface area contributed by atoms with Crippen molar-refractivity contribution in [3.63, 3.8) is 0 Å². The van der Waals surface area contributed by atoms with Crippen molar-refractivity contribution in [2.75, 3.05) is 18.5 Å². The summed E-state index contributed by atoms with van der Waals surface area (Å²) in [6.45, 7) is 5.83. The van der Waals surface area contributed by atoms with E-state index in [4.69, 9.17) is 4.74 Å². The minimum Gasteiger partial charge on any atom is -0.370 e. The molecule has 1 atom stereocenters. The maximum Gasteiger partial charge on any atom is 0.159 e. The van der Waals surface area contributed by atoms with E-state index in [2.05, 4.69) is 44.8 Å². The Morgan fingerprint density at radius 2 is 2.28 bits per heavy atom. The number of halogens is 1. The first kappa shape index (κ1) is 14.0. The van der Waals surface area contributed by atoms with Gasteiger partial charge < -0.3 is 10.1 Å². The van der Waals surface area contributed by atoms with Crippen molar-refractivity contribution >= 4 is 28.4 Å². The van der Waals surface area contributed by atoms with Crippen LogP contribution in [0.4, 0.5) is 5.82 Å². The fourth-order valence-corrected chi connectivity index (χ4v) is 2.34. The highest BCUT2D eigenvalue weighted by Crippen LogP contribution is 2.42. The number of nitrogens with zero attached hydrogens (tertiary/aromatic N) is 2. The van der Waals surface area contributed by atoms with Gasteiger partial charge in [0, 0.05) is 19.3 Å². The second-order valence-electron chi connectivity index (χ2n) is 4.56. The van der Waals surface area contributed by atoms with Crippen LogP contribution in [0.3, 0.4) is 0 Å². The van der Waals surface area contributed by atoms with Gasteiger partial charge in [-0.25, -0.2) is 9.97 Å². The van der Waals surface area contributed by atoms with Crippen LogP contribution in [-0.2, 0) is 4.74 Å². The SMILES string of the molecule is CCCNc1nc(C(OCC)C2CC2)ncc1I. The van der Waals surface area contributed by atoms with Gasteiger partial charge in [0.15, 0.2) is 5.82 Å². The van der Waals surface area contributed by atoms with Gasteiger partial charge in [0.25, 0.3) is 0 Å². The molecule has 0 radical (unpaired) electrons. The summed E-state index contributed by atoms with van der Waals surface area (Å²) in [6, 6.07) is 0. The van der Waals surface area contributed by atoms with E-state index >= 15 is 0 Å². The molecule has 1 aromatic rings. The van der Waals surface area contributed by atoms with Crippen molar-refractivity contribution < 1.29 is 4.74 Å². The maximum atomic E-state index is 5.80. The van der Waals surface area contributed by atoms with Gasteiger partial charge in [-0.1, -0.05) is 6.92 Å². The van der Waals surface area contributed by atoms with Gasteiger partial charge in [-0.05, 0) is 54.7 Å². The predicted octanol–water partition coefficient (Wildman–Crippen LogP) is 3.39. The number of hydrogen-bond donors (Lipinski definition) is 1. The number of hydrogen-bond acceptors (Lipinski definition) is 4. The van der Waals surface area contributed by atoms with Crippen LogP contribution in [0.25, 0.3) is 0 Å². The van der Waals surface area contributed by atoms with Crippen molar-refractivity contribution in [1.82, 2.24) is 9.97 Å². The molecular weight excluding hydrogens is 341 g/mol. The molecule has 18 heavy (non-hydrogen) atoms. The largest absolute Gasteiger partial charge is 0.370 e. The highest BCUT2D eigenvalue weighted by molar-refractivity contribution is 14.1. The van der Waals surface area contributed by atoms with Crippen molar-refractivity contribution in [2.24, 2.45) is 5.92 Å². The summed E-state index contributed by atoms with van der Waals surface area (Å²) in [5, 5.41) is 3.35. The van der Waals surface area contributed by atoms with Gasteiger partial charge in [0.05, 0.1) is 3.57 Å². The fraction of sp³-hybridized carbons (Fsp3) is 0.692. The average Bonchev–Trinajstić information content (AvgIpc) is 3.19. The molecule has 0 spiro atoms. The third-order valence-electron chi connectivity index (χ3n) is 2.96. The Hall–Kier alpha value is -0.430. The lowest BCUT2D eigenvalue weighted by molar-refractivity contribution is 0.0401. The Morgan fingerprint density at radius 1 is 1.50 bits per heavy atom. The van der Waals surface area contributed by atoms with E-state index in [0.717, 1.165) is 28.2 Å². The van der Waals surface area contributed by atoms with E-state index < -0.39 is 0 Å². The Labute approximate surface area is 122 Å². The summed E-state index contributed by atoms with van der Waals surface area (Å²) in [7, 11) is 0. The van der Waals surface area contributed by atoms with Crippen molar-refractivity contribution in [2.45, 2.75) is 39.2 Å². The van der Waals surface area contributed by atoms with E-state index in [1.807, 2.05) is 13.1 Å². The number of aromatic nitrogens is 2. The van der Waals surface area contributed by atoms with Crippen LogP contribution in [0.1, 0.15) is 45.0 Å². The number of anilines is 1. The second-order valence-corrected chi connectivity index (χ2v) is 5.73. The lowest BCUT2D eigenvalue weighted by atomic mass is 10.2. The molecular formula is C13H20IN3O. The van der Waals surface area contributed by atoms with Crippen LogP contribution in [-0.4, -0.2) is 23.1 Å². The molecule has 1 aliphatic rings. The van der Waals surface area contributed by atoms with E-state index in [9.17, 15) is 0 Å². The van der Waals surface area contributed by atoms with Crippen LogP contribution in [0.15, 0.2) is 6.20 Å². The van der Waals surface area contributed by atoms with E-state index in [1.54, 1.807) is 0 Å². The minimum atomic E-state index is 0.0779. The molecule has 0 aliphatic heterocycles. The summed E-state index contributed by atoms with van der Waals surface area (Å²) >= 11 is 2.27. The molecule has 1 fully saturated rings. The summed E-state index contributed by atoms with van der Waals surface area (Å²) in [5.41, 5.74) is 0. The molecule has 0 aromatic carbocycles. The van der Waals surface area contributed by atoms with E-state index in [1.165, 1.54) is 12.8 Å². The third-order valence-corrected chi connectivity index (χ3v) is 3.75. The highest BCUT2D eigenvalue weighted by atomic mass is 127. The molecule has 1 heterocycles. The van der Waals surface area contributed by atoms with Gasteiger partial charge in [-0.2, -0.15) is 0 Å². The summed E-state index contributed by atoms with van der Waals surface area (Å²) in [6.07, 6.45) is 5.52. The summed E-state index contributed by atoms with van der Waals surface area (Å²) in [5.74, 6) is 2.38. The molecule has 1 unspecified atom stereocenters. The zero-order valence-electron chi connectivity index (χ0n) is 10.9. The Kier molecular flexibility index (Phi) is 5.17. The van der Waals surface area contributed by atoms with Crippen molar-refractivity contribution in [3.05, 3.63) is 15.6 Å².